The number of carbonyl (C=O) groups excluding carboxylic acids is 1. The van der Waals surface area contributed by atoms with Crippen molar-refractivity contribution in [2.45, 2.75) is 46.2 Å². The number of nitrogens with zero attached hydrogens (tertiary/aromatic N) is 2. The summed E-state index contributed by atoms with van der Waals surface area (Å²) in [5, 5.41) is 5.51. The molecule has 4 N–H and O–H groups in total. The lowest BCUT2D eigenvalue weighted by Gasteiger charge is -2.14. The minimum absolute atomic E-state index is 0. The van der Waals surface area contributed by atoms with Gasteiger partial charge in [0.05, 0.1) is 6.04 Å². The molecule has 0 aliphatic rings. The second-order valence-electron chi connectivity index (χ2n) is 5.19. The third-order valence-electron chi connectivity index (χ3n) is 3.58. The number of aryl methyl sites for hydroxylation is 2. The van der Waals surface area contributed by atoms with Crippen molar-refractivity contribution in [3.8, 4) is 0 Å². The molecule has 0 fully saturated rings. The first-order valence-corrected chi connectivity index (χ1v) is 7.05. The highest BCUT2D eigenvalue weighted by molar-refractivity contribution is 5.85. The maximum absolute atomic E-state index is 11.9. The molecule has 0 spiro atoms. The van der Waals surface area contributed by atoms with Gasteiger partial charge in [0.1, 0.15) is 0 Å². The van der Waals surface area contributed by atoms with E-state index in [0.29, 0.717) is 18.6 Å². The van der Waals surface area contributed by atoms with Crippen molar-refractivity contribution in [2.24, 2.45) is 5.73 Å². The first-order valence-electron chi connectivity index (χ1n) is 7.05. The maximum Gasteiger partial charge on any atom is 0.266 e. The number of fused-ring (bicyclic) bond motifs is 1. The molecule has 1 unspecified atom stereocenters. The van der Waals surface area contributed by atoms with Gasteiger partial charge in [0.25, 0.3) is 5.56 Å². The maximum atomic E-state index is 11.9. The second-order valence-corrected chi connectivity index (χ2v) is 5.19. The van der Waals surface area contributed by atoms with Gasteiger partial charge in [-0.2, -0.15) is 0 Å². The highest BCUT2D eigenvalue weighted by atomic mass is 35.5. The number of hydrogen-bond donors (Lipinski definition) is 3. The normalized spacial score (nSPS) is 11.5. The van der Waals surface area contributed by atoms with Crippen LogP contribution in [0.15, 0.2) is 10.9 Å². The average molecular weight is 364 g/mol. The zero-order valence-corrected chi connectivity index (χ0v) is 15.0. The number of amides is 1. The minimum Gasteiger partial charge on any atom is -0.351 e. The molecule has 2 aromatic rings. The largest absolute Gasteiger partial charge is 0.351 e. The van der Waals surface area contributed by atoms with Gasteiger partial charge in [-0.3, -0.25) is 14.7 Å². The molecule has 1 amide bonds. The lowest BCUT2D eigenvalue weighted by molar-refractivity contribution is -0.122. The van der Waals surface area contributed by atoms with E-state index in [2.05, 4.69) is 15.4 Å². The molecule has 0 aliphatic heterocycles. The van der Waals surface area contributed by atoms with Gasteiger partial charge in [-0.15, -0.1) is 24.8 Å². The van der Waals surface area contributed by atoms with Crippen LogP contribution < -0.4 is 16.6 Å². The molecule has 23 heavy (non-hydrogen) atoms. The van der Waals surface area contributed by atoms with Crippen LogP contribution in [0.5, 0.6) is 0 Å². The Morgan fingerprint density at radius 1 is 1.43 bits per heavy atom. The van der Waals surface area contributed by atoms with Crippen LogP contribution in [0.25, 0.3) is 5.65 Å². The van der Waals surface area contributed by atoms with Crippen LogP contribution in [0.3, 0.4) is 0 Å². The van der Waals surface area contributed by atoms with E-state index >= 15 is 0 Å². The second kappa shape index (κ2) is 8.90. The zero-order valence-electron chi connectivity index (χ0n) is 13.4. The molecule has 2 heterocycles. The summed E-state index contributed by atoms with van der Waals surface area (Å²) in [6.07, 6.45) is 1.52. The molecule has 7 nitrogen and oxygen atoms in total. The van der Waals surface area contributed by atoms with E-state index in [0.717, 1.165) is 23.4 Å². The third-order valence-corrected chi connectivity index (χ3v) is 3.58. The first kappa shape index (κ1) is 21.4. The van der Waals surface area contributed by atoms with Gasteiger partial charge >= 0.3 is 0 Å². The number of halogens is 2. The summed E-state index contributed by atoms with van der Waals surface area (Å²) in [5.41, 5.74) is 8.68. The van der Waals surface area contributed by atoms with E-state index < -0.39 is 6.04 Å². The summed E-state index contributed by atoms with van der Waals surface area (Å²) in [4.78, 5) is 27.6. The average Bonchev–Trinajstić information content (AvgIpc) is 2.79. The molecular weight excluding hydrogens is 341 g/mol. The lowest BCUT2D eigenvalue weighted by Crippen LogP contribution is -2.40. The molecule has 0 bridgehead atoms. The van der Waals surface area contributed by atoms with Crippen molar-refractivity contribution in [2.75, 3.05) is 0 Å². The standard InChI is InChI=1S/C14H21N5O2.2ClH/c1-4-5-11(15)14(21)16-7-10-8(2)17-12-6-13(20)18-19(12)9(10)3;;/h6,11H,4-5,7,15H2,1-3H3,(H,16,21)(H,18,20);2*1H. The van der Waals surface area contributed by atoms with Crippen molar-refractivity contribution >= 4 is 36.4 Å². The molecule has 0 aliphatic carbocycles. The Kier molecular flexibility index (Phi) is 8.30. The van der Waals surface area contributed by atoms with Crippen LogP contribution in [-0.4, -0.2) is 26.5 Å². The highest BCUT2D eigenvalue weighted by Gasteiger charge is 2.15. The predicted molar refractivity (Wildman–Crippen MR) is 94.5 cm³/mol. The Morgan fingerprint density at radius 3 is 2.70 bits per heavy atom. The van der Waals surface area contributed by atoms with Gasteiger partial charge in [0.2, 0.25) is 5.91 Å². The Bertz CT molecular complexity index is 726. The van der Waals surface area contributed by atoms with Gasteiger partial charge < -0.3 is 11.1 Å². The number of aromatic amines is 1. The number of rotatable bonds is 5. The van der Waals surface area contributed by atoms with Gasteiger partial charge in [-0.1, -0.05) is 13.3 Å². The van der Waals surface area contributed by atoms with E-state index in [-0.39, 0.29) is 36.3 Å². The van der Waals surface area contributed by atoms with Crippen LogP contribution in [-0.2, 0) is 11.3 Å². The topological polar surface area (TPSA) is 105 Å². The summed E-state index contributed by atoms with van der Waals surface area (Å²) in [5.74, 6) is -0.170. The van der Waals surface area contributed by atoms with Crippen LogP contribution in [0.2, 0.25) is 0 Å². The lowest BCUT2D eigenvalue weighted by atomic mass is 10.1. The molecule has 9 heteroatoms. The molecular formula is C14H23Cl2N5O2. The van der Waals surface area contributed by atoms with Crippen molar-refractivity contribution in [1.29, 1.82) is 0 Å². The minimum atomic E-state index is -0.487. The molecule has 0 saturated heterocycles. The fraction of sp³-hybridized carbons (Fsp3) is 0.500. The van der Waals surface area contributed by atoms with Crippen molar-refractivity contribution in [3.63, 3.8) is 0 Å². The highest BCUT2D eigenvalue weighted by Crippen LogP contribution is 2.12. The quantitative estimate of drug-likeness (QED) is 0.742. The number of nitrogens with one attached hydrogen (secondary N) is 2. The summed E-state index contributed by atoms with van der Waals surface area (Å²) in [7, 11) is 0. The molecule has 2 rings (SSSR count). The number of H-pyrrole nitrogens is 1. The van der Waals surface area contributed by atoms with E-state index in [1.165, 1.54) is 6.07 Å². The summed E-state index contributed by atoms with van der Waals surface area (Å²) in [6, 6.07) is 0.957. The summed E-state index contributed by atoms with van der Waals surface area (Å²) >= 11 is 0. The first-order chi connectivity index (χ1) is 9.93. The molecule has 0 radical (unpaired) electrons. The van der Waals surface area contributed by atoms with Crippen molar-refractivity contribution < 1.29 is 4.79 Å². The third kappa shape index (κ3) is 4.70. The smallest absolute Gasteiger partial charge is 0.266 e. The monoisotopic (exact) mass is 363 g/mol. The molecule has 0 aromatic carbocycles. The number of carbonyl (C=O) groups is 1. The number of hydrogen-bond acceptors (Lipinski definition) is 4. The SMILES string of the molecule is CCCC(N)C(=O)NCc1c(C)nc2cc(=O)[nH]n2c1C.Cl.Cl. The van der Waals surface area contributed by atoms with Crippen LogP contribution in [0.4, 0.5) is 0 Å². The van der Waals surface area contributed by atoms with Gasteiger partial charge in [0, 0.05) is 29.6 Å². The molecule has 1 atom stereocenters. The summed E-state index contributed by atoms with van der Waals surface area (Å²) in [6.45, 7) is 6.07. The van der Waals surface area contributed by atoms with Crippen LogP contribution >= 0.6 is 24.8 Å². The van der Waals surface area contributed by atoms with Crippen molar-refractivity contribution in [3.05, 3.63) is 33.4 Å². The fourth-order valence-electron chi connectivity index (χ4n) is 2.36. The van der Waals surface area contributed by atoms with Crippen LogP contribution in [0.1, 0.15) is 36.7 Å². The van der Waals surface area contributed by atoms with Gasteiger partial charge in [-0.25, -0.2) is 9.50 Å². The van der Waals surface area contributed by atoms with Gasteiger partial charge in [-0.05, 0) is 20.3 Å². The molecule has 0 saturated carbocycles. The van der Waals surface area contributed by atoms with E-state index in [4.69, 9.17) is 5.73 Å². The van der Waals surface area contributed by atoms with E-state index in [9.17, 15) is 9.59 Å². The van der Waals surface area contributed by atoms with Crippen molar-refractivity contribution in [1.82, 2.24) is 19.9 Å². The number of nitrogens with two attached hydrogens (primary N) is 1. The van der Waals surface area contributed by atoms with E-state index in [1.54, 1.807) is 4.52 Å². The number of aromatic nitrogens is 3. The predicted octanol–water partition coefficient (Wildman–Crippen LogP) is 1.23. The Balaban J connectivity index is 0.00000242. The Morgan fingerprint density at radius 2 is 2.09 bits per heavy atom. The summed E-state index contributed by atoms with van der Waals surface area (Å²) < 4.78 is 1.63. The fourth-order valence-corrected chi connectivity index (χ4v) is 2.36. The zero-order chi connectivity index (χ0) is 15.6. The Hall–Kier alpha value is -1.57. The van der Waals surface area contributed by atoms with E-state index in [1.807, 2.05) is 20.8 Å². The molecule has 130 valence electrons. The van der Waals surface area contributed by atoms with Crippen LogP contribution in [0, 0.1) is 13.8 Å². The molecule has 2 aromatic heterocycles. The Labute approximate surface area is 146 Å². The van der Waals surface area contributed by atoms with Gasteiger partial charge in [0.15, 0.2) is 5.65 Å².